The van der Waals surface area contributed by atoms with Crippen molar-refractivity contribution in [3.63, 3.8) is 0 Å². The molecule has 118 valence electrons. The lowest BCUT2D eigenvalue weighted by atomic mass is 9.76. The number of carbonyl (C=O) groups excluding carboxylic acids is 1. The quantitative estimate of drug-likeness (QED) is 0.840. The van der Waals surface area contributed by atoms with Crippen LogP contribution in [0.3, 0.4) is 0 Å². The first kappa shape index (κ1) is 17.5. The fraction of sp³-hybridized carbons (Fsp3) is 0.941. The van der Waals surface area contributed by atoms with E-state index < -0.39 is 0 Å². The molecule has 1 fully saturated rings. The van der Waals surface area contributed by atoms with Gasteiger partial charge in [0.2, 0.25) is 5.91 Å². The molecule has 0 aromatic rings. The maximum absolute atomic E-state index is 12.5. The topological polar surface area (TPSA) is 46.3 Å². The number of carbonyl (C=O) groups is 1. The first-order valence-corrected chi connectivity index (χ1v) is 8.25. The van der Waals surface area contributed by atoms with Crippen LogP contribution in [0.2, 0.25) is 0 Å². The van der Waals surface area contributed by atoms with E-state index in [9.17, 15) is 4.79 Å². The van der Waals surface area contributed by atoms with Crippen LogP contribution in [0, 0.1) is 17.3 Å². The van der Waals surface area contributed by atoms with Crippen LogP contribution >= 0.6 is 0 Å². The van der Waals surface area contributed by atoms with Crippen molar-refractivity contribution < 1.29 is 4.79 Å². The van der Waals surface area contributed by atoms with Crippen molar-refractivity contribution in [3.05, 3.63) is 0 Å². The summed E-state index contributed by atoms with van der Waals surface area (Å²) in [6.07, 6.45) is 5.07. The minimum absolute atomic E-state index is 0.237. The van der Waals surface area contributed by atoms with Crippen LogP contribution in [-0.2, 0) is 4.79 Å². The normalized spacial score (nSPS) is 25.6. The zero-order valence-corrected chi connectivity index (χ0v) is 14.1. The van der Waals surface area contributed by atoms with E-state index in [0.717, 1.165) is 25.8 Å². The van der Waals surface area contributed by atoms with Crippen LogP contribution in [0.25, 0.3) is 0 Å². The number of piperidine rings is 1. The van der Waals surface area contributed by atoms with Gasteiger partial charge in [-0.15, -0.1) is 0 Å². The molecule has 1 aliphatic heterocycles. The Morgan fingerprint density at radius 3 is 2.45 bits per heavy atom. The average Bonchev–Trinajstić information content (AvgIpc) is 2.35. The summed E-state index contributed by atoms with van der Waals surface area (Å²) in [5.74, 6) is 1.53. The molecule has 20 heavy (non-hydrogen) atoms. The highest BCUT2D eigenvalue weighted by molar-refractivity contribution is 5.76. The Kier molecular flexibility index (Phi) is 6.50. The molecule has 1 rings (SSSR count). The largest absolute Gasteiger partial charge is 0.340 e. The van der Waals surface area contributed by atoms with E-state index in [1.54, 1.807) is 0 Å². The van der Waals surface area contributed by atoms with Crippen LogP contribution in [0.1, 0.15) is 66.7 Å². The lowest BCUT2D eigenvalue weighted by molar-refractivity contribution is -0.135. The Bertz CT molecular complexity index is 309. The van der Waals surface area contributed by atoms with Crippen LogP contribution in [0.4, 0.5) is 0 Å². The molecule has 1 aliphatic rings. The van der Waals surface area contributed by atoms with Crippen LogP contribution in [-0.4, -0.2) is 29.9 Å². The molecule has 1 heterocycles. The zero-order valence-electron chi connectivity index (χ0n) is 14.1. The van der Waals surface area contributed by atoms with E-state index in [1.807, 2.05) is 0 Å². The molecule has 0 bridgehead atoms. The van der Waals surface area contributed by atoms with Gasteiger partial charge in [0.05, 0.1) is 0 Å². The van der Waals surface area contributed by atoms with Gasteiger partial charge < -0.3 is 10.6 Å². The summed E-state index contributed by atoms with van der Waals surface area (Å²) in [7, 11) is 0. The Morgan fingerprint density at radius 2 is 1.90 bits per heavy atom. The number of hydrogen-bond donors (Lipinski definition) is 1. The second-order valence-electron chi connectivity index (χ2n) is 7.76. The lowest BCUT2D eigenvalue weighted by Gasteiger charge is -2.38. The smallest absolute Gasteiger partial charge is 0.222 e. The SMILES string of the molecule is CC1CCC(C)N(C(=O)CCC(CCN)C(C)(C)C)C1. The molecule has 1 saturated heterocycles. The zero-order chi connectivity index (χ0) is 15.3. The summed E-state index contributed by atoms with van der Waals surface area (Å²) in [5, 5.41) is 0. The number of likely N-dealkylation sites (tertiary alicyclic amines) is 1. The first-order valence-electron chi connectivity index (χ1n) is 8.25. The van der Waals surface area contributed by atoms with Gasteiger partial charge in [-0.1, -0.05) is 27.7 Å². The van der Waals surface area contributed by atoms with Crippen molar-refractivity contribution in [2.75, 3.05) is 13.1 Å². The fourth-order valence-electron chi connectivity index (χ4n) is 3.29. The van der Waals surface area contributed by atoms with E-state index >= 15 is 0 Å². The highest BCUT2D eigenvalue weighted by atomic mass is 16.2. The van der Waals surface area contributed by atoms with Gasteiger partial charge in [-0.2, -0.15) is 0 Å². The Balaban J connectivity index is 2.52. The molecular formula is C17H34N2O. The maximum atomic E-state index is 12.5. The van der Waals surface area contributed by atoms with E-state index in [2.05, 4.69) is 39.5 Å². The van der Waals surface area contributed by atoms with Crippen LogP contribution in [0.5, 0.6) is 0 Å². The Hall–Kier alpha value is -0.570. The van der Waals surface area contributed by atoms with E-state index in [4.69, 9.17) is 5.73 Å². The van der Waals surface area contributed by atoms with Gasteiger partial charge in [0.25, 0.3) is 0 Å². The van der Waals surface area contributed by atoms with Crippen molar-refractivity contribution in [2.24, 2.45) is 23.0 Å². The lowest BCUT2D eigenvalue weighted by Crippen LogP contribution is -2.45. The molecule has 0 aliphatic carbocycles. The number of nitrogens with zero attached hydrogens (tertiary/aromatic N) is 1. The molecule has 0 aromatic heterocycles. The summed E-state index contributed by atoms with van der Waals surface area (Å²) in [5.41, 5.74) is 5.96. The highest BCUT2D eigenvalue weighted by Crippen LogP contribution is 2.32. The van der Waals surface area contributed by atoms with E-state index in [1.165, 1.54) is 6.42 Å². The predicted molar refractivity (Wildman–Crippen MR) is 85.4 cm³/mol. The van der Waals surface area contributed by atoms with Gasteiger partial charge >= 0.3 is 0 Å². The molecule has 3 nitrogen and oxygen atoms in total. The highest BCUT2D eigenvalue weighted by Gasteiger charge is 2.29. The number of amides is 1. The van der Waals surface area contributed by atoms with Crippen molar-refractivity contribution >= 4 is 5.91 Å². The molecule has 0 aromatic carbocycles. The number of nitrogens with two attached hydrogens (primary N) is 1. The summed E-state index contributed by atoms with van der Waals surface area (Å²) in [6.45, 7) is 12.9. The summed E-state index contributed by atoms with van der Waals surface area (Å²) in [6, 6.07) is 0.418. The molecule has 0 spiro atoms. The van der Waals surface area contributed by atoms with Crippen molar-refractivity contribution in [2.45, 2.75) is 72.8 Å². The summed E-state index contributed by atoms with van der Waals surface area (Å²) in [4.78, 5) is 14.6. The molecule has 1 amide bonds. The monoisotopic (exact) mass is 282 g/mol. The van der Waals surface area contributed by atoms with Gasteiger partial charge in [0.15, 0.2) is 0 Å². The minimum atomic E-state index is 0.237. The van der Waals surface area contributed by atoms with E-state index in [-0.39, 0.29) is 5.41 Å². The third-order valence-electron chi connectivity index (χ3n) is 4.88. The third kappa shape index (κ3) is 5.08. The minimum Gasteiger partial charge on any atom is -0.340 e. The molecule has 0 saturated carbocycles. The third-order valence-corrected chi connectivity index (χ3v) is 4.88. The maximum Gasteiger partial charge on any atom is 0.222 e. The Morgan fingerprint density at radius 1 is 1.25 bits per heavy atom. The van der Waals surface area contributed by atoms with E-state index in [0.29, 0.717) is 36.8 Å². The second-order valence-corrected chi connectivity index (χ2v) is 7.76. The predicted octanol–water partition coefficient (Wildman–Crippen LogP) is 3.42. The van der Waals surface area contributed by atoms with Crippen LogP contribution < -0.4 is 5.73 Å². The van der Waals surface area contributed by atoms with Crippen LogP contribution in [0.15, 0.2) is 0 Å². The molecular weight excluding hydrogens is 248 g/mol. The van der Waals surface area contributed by atoms with Gasteiger partial charge in [-0.3, -0.25) is 4.79 Å². The van der Waals surface area contributed by atoms with Gasteiger partial charge in [-0.05, 0) is 56.4 Å². The van der Waals surface area contributed by atoms with Crippen molar-refractivity contribution in [1.82, 2.24) is 4.90 Å². The summed E-state index contributed by atoms with van der Waals surface area (Å²) < 4.78 is 0. The number of hydrogen-bond acceptors (Lipinski definition) is 2. The number of rotatable bonds is 5. The Labute approximate surface area is 125 Å². The van der Waals surface area contributed by atoms with Crippen molar-refractivity contribution in [3.8, 4) is 0 Å². The molecule has 3 unspecified atom stereocenters. The first-order chi connectivity index (χ1) is 9.25. The summed E-state index contributed by atoms with van der Waals surface area (Å²) >= 11 is 0. The molecule has 3 atom stereocenters. The molecule has 3 heteroatoms. The molecule has 2 N–H and O–H groups in total. The van der Waals surface area contributed by atoms with Crippen molar-refractivity contribution in [1.29, 1.82) is 0 Å². The molecule has 0 radical (unpaired) electrons. The second kappa shape index (κ2) is 7.44. The average molecular weight is 282 g/mol. The van der Waals surface area contributed by atoms with Gasteiger partial charge in [0, 0.05) is 19.0 Å². The van der Waals surface area contributed by atoms with Gasteiger partial charge in [-0.25, -0.2) is 0 Å². The van der Waals surface area contributed by atoms with Gasteiger partial charge in [0.1, 0.15) is 0 Å². The fourth-order valence-corrected chi connectivity index (χ4v) is 3.29. The standard InChI is InChI=1S/C17H34N2O/c1-13-6-7-14(2)19(12-13)16(20)9-8-15(10-11-18)17(3,4)5/h13-15H,6-12,18H2,1-5H3.